The second-order valence-corrected chi connectivity index (χ2v) is 4.22. The Morgan fingerprint density at radius 1 is 1.25 bits per heavy atom. The molecule has 0 rings (SSSR count). The zero-order chi connectivity index (χ0) is 9.61. The highest BCUT2D eigenvalue weighted by atomic mass is 16.3. The molecule has 0 aromatic carbocycles. The lowest BCUT2D eigenvalue weighted by Gasteiger charge is -2.27. The third-order valence-electron chi connectivity index (χ3n) is 2.39. The Balaban J connectivity index is 3.84. The monoisotopic (exact) mass is 174 g/mol. The average Bonchev–Trinajstić information content (AvgIpc) is 2.05. The van der Waals surface area contributed by atoms with Gasteiger partial charge in [0.15, 0.2) is 0 Å². The van der Waals surface area contributed by atoms with E-state index in [-0.39, 0.29) is 18.6 Å². The first kappa shape index (κ1) is 11.9. The lowest BCUT2D eigenvalue weighted by atomic mass is 9.81. The quantitative estimate of drug-likeness (QED) is 0.644. The molecule has 0 amide bonds. The zero-order valence-corrected chi connectivity index (χ0v) is 8.51. The molecule has 2 heteroatoms. The van der Waals surface area contributed by atoms with E-state index in [0.29, 0.717) is 5.92 Å². The molecule has 0 heterocycles. The van der Waals surface area contributed by atoms with E-state index in [1.165, 1.54) is 12.8 Å². The Bertz CT molecular complexity index is 108. The molecule has 0 aromatic heterocycles. The van der Waals surface area contributed by atoms with Crippen LogP contribution in [0.3, 0.4) is 0 Å². The number of aliphatic hydroxyl groups excluding tert-OH is 2. The summed E-state index contributed by atoms with van der Waals surface area (Å²) in [5, 5.41) is 18.1. The maximum Gasteiger partial charge on any atom is 0.0506 e. The fourth-order valence-electron chi connectivity index (χ4n) is 1.62. The van der Waals surface area contributed by atoms with Gasteiger partial charge in [-0.15, -0.1) is 0 Å². The molecular weight excluding hydrogens is 152 g/mol. The molecule has 0 aliphatic heterocycles. The molecule has 0 spiro atoms. The number of hydrogen-bond donors (Lipinski definition) is 2. The van der Waals surface area contributed by atoms with E-state index in [1.54, 1.807) is 0 Å². The molecule has 1 unspecified atom stereocenters. The summed E-state index contributed by atoms with van der Waals surface area (Å²) < 4.78 is 0. The summed E-state index contributed by atoms with van der Waals surface area (Å²) in [6.45, 7) is 6.42. The molecule has 2 N–H and O–H groups in total. The predicted molar refractivity (Wildman–Crippen MR) is 51.0 cm³/mol. The molecule has 0 saturated carbocycles. The van der Waals surface area contributed by atoms with Crippen LogP contribution in [-0.4, -0.2) is 23.4 Å². The fraction of sp³-hybridized carbons (Fsp3) is 1.00. The van der Waals surface area contributed by atoms with Crippen LogP contribution in [-0.2, 0) is 0 Å². The second-order valence-electron chi connectivity index (χ2n) is 4.22. The van der Waals surface area contributed by atoms with E-state index in [1.807, 2.05) is 6.92 Å². The molecule has 0 bridgehead atoms. The number of rotatable bonds is 6. The van der Waals surface area contributed by atoms with Crippen molar-refractivity contribution in [2.75, 3.05) is 13.2 Å². The number of hydrogen-bond acceptors (Lipinski definition) is 2. The van der Waals surface area contributed by atoms with Gasteiger partial charge in [-0.25, -0.2) is 0 Å². The van der Waals surface area contributed by atoms with Crippen LogP contribution in [0.1, 0.15) is 40.0 Å². The van der Waals surface area contributed by atoms with Gasteiger partial charge in [0, 0.05) is 5.41 Å². The van der Waals surface area contributed by atoms with Gasteiger partial charge in [0.05, 0.1) is 13.2 Å². The van der Waals surface area contributed by atoms with Crippen molar-refractivity contribution in [1.29, 1.82) is 0 Å². The van der Waals surface area contributed by atoms with Crippen LogP contribution >= 0.6 is 0 Å². The lowest BCUT2D eigenvalue weighted by Crippen LogP contribution is -2.28. The lowest BCUT2D eigenvalue weighted by molar-refractivity contribution is 0.0493. The summed E-state index contributed by atoms with van der Waals surface area (Å²) in [6.07, 6.45) is 3.26. The average molecular weight is 174 g/mol. The summed E-state index contributed by atoms with van der Waals surface area (Å²) in [6, 6.07) is 0. The Hall–Kier alpha value is -0.0800. The highest BCUT2D eigenvalue weighted by Crippen LogP contribution is 2.26. The van der Waals surface area contributed by atoms with E-state index in [2.05, 4.69) is 13.8 Å². The van der Waals surface area contributed by atoms with E-state index < -0.39 is 0 Å². The third kappa shape index (κ3) is 4.07. The second kappa shape index (κ2) is 5.55. The molecule has 0 aliphatic carbocycles. The standard InChI is InChI=1S/C10H22O2/c1-4-5-9(2)6-10(3,7-11)8-12/h9,11-12H,4-8H2,1-3H3. The Kier molecular flexibility index (Phi) is 5.51. The molecule has 0 saturated heterocycles. The highest BCUT2D eigenvalue weighted by molar-refractivity contribution is 4.74. The van der Waals surface area contributed by atoms with Gasteiger partial charge in [-0.3, -0.25) is 0 Å². The third-order valence-corrected chi connectivity index (χ3v) is 2.39. The predicted octanol–water partition coefficient (Wildman–Crippen LogP) is 1.80. The topological polar surface area (TPSA) is 40.5 Å². The molecular formula is C10H22O2. The molecule has 0 aliphatic rings. The minimum Gasteiger partial charge on any atom is -0.396 e. The molecule has 74 valence electrons. The Morgan fingerprint density at radius 2 is 1.75 bits per heavy atom. The molecule has 1 atom stereocenters. The Morgan fingerprint density at radius 3 is 2.08 bits per heavy atom. The van der Waals surface area contributed by atoms with Gasteiger partial charge in [0.25, 0.3) is 0 Å². The van der Waals surface area contributed by atoms with Crippen molar-refractivity contribution in [2.24, 2.45) is 11.3 Å². The Labute approximate surface area is 75.6 Å². The largest absolute Gasteiger partial charge is 0.396 e. The van der Waals surface area contributed by atoms with E-state index >= 15 is 0 Å². The van der Waals surface area contributed by atoms with Crippen molar-refractivity contribution >= 4 is 0 Å². The first-order valence-corrected chi connectivity index (χ1v) is 4.79. The van der Waals surface area contributed by atoms with Crippen LogP contribution in [0.2, 0.25) is 0 Å². The summed E-state index contributed by atoms with van der Waals surface area (Å²) in [7, 11) is 0. The van der Waals surface area contributed by atoms with E-state index in [9.17, 15) is 0 Å². The van der Waals surface area contributed by atoms with Crippen LogP contribution in [0.4, 0.5) is 0 Å². The first-order chi connectivity index (χ1) is 5.58. The van der Waals surface area contributed by atoms with Gasteiger partial charge in [-0.1, -0.05) is 33.6 Å². The summed E-state index contributed by atoms with van der Waals surface area (Å²) in [5.74, 6) is 0.597. The van der Waals surface area contributed by atoms with Crippen molar-refractivity contribution in [1.82, 2.24) is 0 Å². The van der Waals surface area contributed by atoms with Gasteiger partial charge in [-0.2, -0.15) is 0 Å². The van der Waals surface area contributed by atoms with Crippen molar-refractivity contribution in [3.05, 3.63) is 0 Å². The van der Waals surface area contributed by atoms with Gasteiger partial charge >= 0.3 is 0 Å². The first-order valence-electron chi connectivity index (χ1n) is 4.79. The molecule has 0 fully saturated rings. The van der Waals surface area contributed by atoms with Crippen molar-refractivity contribution in [2.45, 2.75) is 40.0 Å². The SMILES string of the molecule is CCCC(C)CC(C)(CO)CO. The highest BCUT2D eigenvalue weighted by Gasteiger charge is 2.24. The van der Waals surface area contributed by atoms with Gasteiger partial charge in [0.2, 0.25) is 0 Å². The number of aliphatic hydroxyl groups is 2. The molecule has 12 heavy (non-hydrogen) atoms. The molecule has 2 nitrogen and oxygen atoms in total. The maximum atomic E-state index is 9.04. The van der Waals surface area contributed by atoms with Crippen LogP contribution in [0, 0.1) is 11.3 Å². The van der Waals surface area contributed by atoms with Crippen molar-refractivity contribution in [3.63, 3.8) is 0 Å². The van der Waals surface area contributed by atoms with Gasteiger partial charge < -0.3 is 10.2 Å². The minimum atomic E-state index is -0.283. The van der Waals surface area contributed by atoms with Gasteiger partial charge in [0.1, 0.15) is 0 Å². The van der Waals surface area contributed by atoms with Crippen molar-refractivity contribution < 1.29 is 10.2 Å². The molecule has 0 radical (unpaired) electrons. The normalized spacial score (nSPS) is 14.8. The smallest absolute Gasteiger partial charge is 0.0506 e. The summed E-state index contributed by atoms with van der Waals surface area (Å²) in [4.78, 5) is 0. The van der Waals surface area contributed by atoms with Gasteiger partial charge in [-0.05, 0) is 12.3 Å². The maximum absolute atomic E-state index is 9.04. The molecule has 0 aromatic rings. The zero-order valence-electron chi connectivity index (χ0n) is 8.51. The minimum absolute atomic E-state index is 0.0809. The van der Waals surface area contributed by atoms with Crippen LogP contribution in [0.25, 0.3) is 0 Å². The van der Waals surface area contributed by atoms with Crippen LogP contribution in [0.5, 0.6) is 0 Å². The summed E-state index contributed by atoms with van der Waals surface area (Å²) >= 11 is 0. The summed E-state index contributed by atoms with van der Waals surface area (Å²) in [5.41, 5.74) is -0.283. The van der Waals surface area contributed by atoms with E-state index in [4.69, 9.17) is 10.2 Å². The van der Waals surface area contributed by atoms with Crippen molar-refractivity contribution in [3.8, 4) is 0 Å². The fourth-order valence-corrected chi connectivity index (χ4v) is 1.62. The van der Waals surface area contributed by atoms with Crippen LogP contribution < -0.4 is 0 Å². The van der Waals surface area contributed by atoms with Crippen LogP contribution in [0.15, 0.2) is 0 Å². The van der Waals surface area contributed by atoms with E-state index in [0.717, 1.165) is 6.42 Å².